The van der Waals surface area contributed by atoms with Gasteiger partial charge < -0.3 is 10.1 Å². The number of hydrogen-bond donors (Lipinski definition) is 1. The highest BCUT2D eigenvalue weighted by atomic mass is 16.5. The van der Waals surface area contributed by atoms with Crippen molar-refractivity contribution in [2.45, 2.75) is 32.2 Å². The molecule has 0 aliphatic carbocycles. The summed E-state index contributed by atoms with van der Waals surface area (Å²) in [5.41, 5.74) is 0.0915. The van der Waals surface area contributed by atoms with Crippen LogP contribution in [0.25, 0.3) is 0 Å². The molecular weight excluding hydrogens is 154 g/mol. The lowest BCUT2D eigenvalue weighted by atomic mass is 9.87. The van der Waals surface area contributed by atoms with Crippen molar-refractivity contribution in [3.8, 4) is 0 Å². The van der Waals surface area contributed by atoms with Crippen molar-refractivity contribution in [1.29, 1.82) is 0 Å². The second kappa shape index (κ2) is 3.44. The summed E-state index contributed by atoms with van der Waals surface area (Å²) in [6.45, 7) is 5.27. The molecule has 0 aromatic rings. The van der Waals surface area contributed by atoms with E-state index in [-0.39, 0.29) is 11.5 Å². The molecule has 0 aromatic heterocycles. The van der Waals surface area contributed by atoms with Gasteiger partial charge in [-0.25, -0.2) is 0 Å². The maximum absolute atomic E-state index is 11.0. The third kappa shape index (κ3) is 1.97. The summed E-state index contributed by atoms with van der Waals surface area (Å²) in [6, 6.07) is 0. The van der Waals surface area contributed by atoms with Crippen LogP contribution in [-0.4, -0.2) is 25.2 Å². The lowest BCUT2D eigenvalue weighted by Crippen LogP contribution is -2.38. The van der Waals surface area contributed by atoms with Crippen LogP contribution in [0.1, 0.15) is 26.7 Å². The van der Waals surface area contributed by atoms with E-state index in [0.717, 1.165) is 13.0 Å². The molecule has 0 amide bonds. The Morgan fingerprint density at radius 3 is 2.75 bits per heavy atom. The molecule has 3 heteroatoms. The molecule has 1 N–H and O–H groups in total. The average molecular weight is 171 g/mol. The van der Waals surface area contributed by atoms with Crippen molar-refractivity contribution in [3.05, 3.63) is 0 Å². The standard InChI is InChI=1S/C9H17NO2/c1-9(2)7(4-5-10-9)6-8(11)12-3/h7,10H,4-6H2,1-3H3. The van der Waals surface area contributed by atoms with E-state index >= 15 is 0 Å². The van der Waals surface area contributed by atoms with Crippen LogP contribution in [0.15, 0.2) is 0 Å². The van der Waals surface area contributed by atoms with E-state index in [0.29, 0.717) is 12.3 Å². The second-order valence-corrected chi connectivity index (χ2v) is 3.91. The predicted molar refractivity (Wildman–Crippen MR) is 46.8 cm³/mol. The van der Waals surface area contributed by atoms with Gasteiger partial charge in [-0.2, -0.15) is 0 Å². The first kappa shape index (κ1) is 9.52. The van der Waals surface area contributed by atoms with Gasteiger partial charge in [-0.3, -0.25) is 4.79 Å². The van der Waals surface area contributed by atoms with Crippen LogP contribution < -0.4 is 5.32 Å². The predicted octanol–water partition coefficient (Wildman–Crippen LogP) is 0.938. The third-order valence-electron chi connectivity index (χ3n) is 2.73. The Kier molecular flexibility index (Phi) is 2.73. The Balaban J connectivity index is 2.47. The van der Waals surface area contributed by atoms with Gasteiger partial charge in [0.2, 0.25) is 0 Å². The molecule has 1 unspecified atom stereocenters. The van der Waals surface area contributed by atoms with Gasteiger partial charge in [-0.1, -0.05) is 0 Å². The van der Waals surface area contributed by atoms with Gasteiger partial charge in [0.25, 0.3) is 0 Å². The largest absolute Gasteiger partial charge is 0.469 e. The van der Waals surface area contributed by atoms with Gasteiger partial charge in [0, 0.05) is 5.54 Å². The molecule has 1 atom stereocenters. The minimum atomic E-state index is -0.100. The summed E-state index contributed by atoms with van der Waals surface area (Å²) in [5.74, 6) is 0.321. The molecule has 0 saturated carbocycles. The maximum atomic E-state index is 11.0. The Hall–Kier alpha value is -0.570. The van der Waals surface area contributed by atoms with E-state index in [4.69, 9.17) is 0 Å². The molecule has 1 heterocycles. The van der Waals surface area contributed by atoms with Gasteiger partial charge in [0.05, 0.1) is 13.5 Å². The Labute approximate surface area is 73.5 Å². The lowest BCUT2D eigenvalue weighted by molar-refractivity contribution is -0.142. The van der Waals surface area contributed by atoms with Crippen LogP contribution in [0.5, 0.6) is 0 Å². The highest BCUT2D eigenvalue weighted by molar-refractivity contribution is 5.69. The van der Waals surface area contributed by atoms with E-state index < -0.39 is 0 Å². The van der Waals surface area contributed by atoms with E-state index in [1.807, 2.05) is 0 Å². The summed E-state index contributed by atoms with van der Waals surface area (Å²) < 4.78 is 4.64. The molecule has 0 spiro atoms. The highest BCUT2D eigenvalue weighted by Crippen LogP contribution is 2.28. The summed E-state index contributed by atoms with van der Waals surface area (Å²) in [5, 5.41) is 3.37. The molecule has 0 bridgehead atoms. The van der Waals surface area contributed by atoms with Crippen molar-refractivity contribution in [3.63, 3.8) is 0 Å². The average Bonchev–Trinajstić information content (AvgIpc) is 2.31. The van der Waals surface area contributed by atoms with Crippen molar-refractivity contribution in [1.82, 2.24) is 5.32 Å². The topological polar surface area (TPSA) is 38.3 Å². The van der Waals surface area contributed by atoms with Gasteiger partial charge in [0.15, 0.2) is 0 Å². The smallest absolute Gasteiger partial charge is 0.305 e. The zero-order valence-corrected chi connectivity index (χ0v) is 8.02. The first-order valence-electron chi connectivity index (χ1n) is 4.38. The SMILES string of the molecule is COC(=O)CC1CCNC1(C)C. The fraction of sp³-hybridized carbons (Fsp3) is 0.889. The zero-order valence-electron chi connectivity index (χ0n) is 8.02. The molecule has 70 valence electrons. The van der Waals surface area contributed by atoms with Crippen LogP contribution >= 0.6 is 0 Å². The first-order valence-corrected chi connectivity index (χ1v) is 4.38. The van der Waals surface area contributed by atoms with Crippen LogP contribution in [0.3, 0.4) is 0 Å². The number of esters is 1. The summed E-state index contributed by atoms with van der Waals surface area (Å²) >= 11 is 0. The van der Waals surface area contributed by atoms with E-state index in [1.165, 1.54) is 7.11 Å². The van der Waals surface area contributed by atoms with Gasteiger partial charge in [0.1, 0.15) is 0 Å². The molecule has 0 radical (unpaired) electrons. The molecular formula is C9H17NO2. The number of nitrogens with one attached hydrogen (secondary N) is 1. The monoisotopic (exact) mass is 171 g/mol. The van der Waals surface area contributed by atoms with Crippen LogP contribution in [-0.2, 0) is 9.53 Å². The maximum Gasteiger partial charge on any atom is 0.305 e. The van der Waals surface area contributed by atoms with E-state index in [1.54, 1.807) is 0 Å². The van der Waals surface area contributed by atoms with Crippen molar-refractivity contribution < 1.29 is 9.53 Å². The molecule has 1 rings (SSSR count). The number of ether oxygens (including phenoxy) is 1. The van der Waals surface area contributed by atoms with E-state index in [2.05, 4.69) is 23.9 Å². The van der Waals surface area contributed by atoms with Crippen molar-refractivity contribution in [2.75, 3.05) is 13.7 Å². The molecule has 12 heavy (non-hydrogen) atoms. The molecule has 1 fully saturated rings. The van der Waals surface area contributed by atoms with Crippen LogP contribution in [0.2, 0.25) is 0 Å². The number of carbonyl (C=O) groups excluding carboxylic acids is 1. The van der Waals surface area contributed by atoms with E-state index in [9.17, 15) is 4.79 Å². The zero-order chi connectivity index (χ0) is 9.19. The Morgan fingerprint density at radius 2 is 2.33 bits per heavy atom. The quantitative estimate of drug-likeness (QED) is 0.628. The molecule has 1 saturated heterocycles. The minimum Gasteiger partial charge on any atom is -0.469 e. The van der Waals surface area contributed by atoms with Crippen molar-refractivity contribution in [2.24, 2.45) is 5.92 Å². The molecule has 1 aliphatic rings. The van der Waals surface area contributed by atoms with Gasteiger partial charge in [-0.05, 0) is 32.7 Å². The number of carbonyl (C=O) groups is 1. The van der Waals surface area contributed by atoms with Crippen LogP contribution in [0.4, 0.5) is 0 Å². The molecule has 0 aromatic carbocycles. The second-order valence-electron chi connectivity index (χ2n) is 3.91. The normalized spacial score (nSPS) is 27.1. The Morgan fingerprint density at radius 1 is 1.67 bits per heavy atom. The molecule has 3 nitrogen and oxygen atoms in total. The fourth-order valence-corrected chi connectivity index (χ4v) is 1.72. The molecule has 1 aliphatic heterocycles. The third-order valence-corrected chi connectivity index (χ3v) is 2.73. The number of methoxy groups -OCH3 is 1. The summed E-state index contributed by atoms with van der Waals surface area (Å²) in [4.78, 5) is 11.0. The van der Waals surface area contributed by atoms with Crippen molar-refractivity contribution >= 4 is 5.97 Å². The lowest BCUT2D eigenvalue weighted by Gasteiger charge is -2.26. The first-order chi connectivity index (χ1) is 5.56. The number of hydrogen-bond acceptors (Lipinski definition) is 3. The minimum absolute atomic E-state index is 0.0915. The fourth-order valence-electron chi connectivity index (χ4n) is 1.72. The number of rotatable bonds is 2. The Bertz CT molecular complexity index is 177. The summed E-state index contributed by atoms with van der Waals surface area (Å²) in [7, 11) is 1.44. The summed E-state index contributed by atoms with van der Waals surface area (Å²) in [6.07, 6.45) is 1.61. The van der Waals surface area contributed by atoms with Gasteiger partial charge in [-0.15, -0.1) is 0 Å². The van der Waals surface area contributed by atoms with Crippen LogP contribution in [0, 0.1) is 5.92 Å². The highest BCUT2D eigenvalue weighted by Gasteiger charge is 2.35. The van der Waals surface area contributed by atoms with Gasteiger partial charge >= 0.3 is 5.97 Å².